The number of hydrogen-bond acceptors (Lipinski definition) is 5. The highest BCUT2D eigenvalue weighted by Gasteiger charge is 2.10. The maximum absolute atomic E-state index is 11.1. The lowest BCUT2D eigenvalue weighted by molar-refractivity contribution is 0.234. The molecule has 0 saturated heterocycles. The number of hydrogen-bond donors (Lipinski definition) is 2. The van der Waals surface area contributed by atoms with Crippen molar-refractivity contribution in [3.8, 4) is 11.5 Å². The fraction of sp³-hybridized carbons (Fsp3) is 0.250. The van der Waals surface area contributed by atoms with E-state index in [1.54, 1.807) is 18.2 Å². The molecule has 0 atom stereocenters. The van der Waals surface area contributed by atoms with Crippen LogP contribution in [0, 0.1) is 0 Å². The SMILES string of the molecule is O=c1cc(O)c2c(OCCCO)cccc2o1. The normalized spacial score (nSPS) is 10.6. The lowest BCUT2D eigenvalue weighted by atomic mass is 10.2. The van der Waals surface area contributed by atoms with Gasteiger partial charge in [-0.2, -0.15) is 0 Å². The molecule has 0 unspecified atom stereocenters. The molecule has 90 valence electrons. The van der Waals surface area contributed by atoms with Gasteiger partial charge in [0, 0.05) is 13.0 Å². The molecular weight excluding hydrogens is 224 g/mol. The van der Waals surface area contributed by atoms with Crippen LogP contribution in [0.25, 0.3) is 11.0 Å². The van der Waals surface area contributed by atoms with E-state index in [1.807, 2.05) is 0 Å². The third kappa shape index (κ3) is 2.39. The first-order chi connectivity index (χ1) is 8.22. The van der Waals surface area contributed by atoms with Gasteiger partial charge in [-0.3, -0.25) is 0 Å². The summed E-state index contributed by atoms with van der Waals surface area (Å²) >= 11 is 0. The smallest absolute Gasteiger partial charge is 0.339 e. The predicted molar refractivity (Wildman–Crippen MR) is 61.3 cm³/mol. The van der Waals surface area contributed by atoms with Crippen molar-refractivity contribution in [2.75, 3.05) is 13.2 Å². The van der Waals surface area contributed by atoms with E-state index in [-0.39, 0.29) is 17.9 Å². The highest BCUT2D eigenvalue weighted by Crippen LogP contribution is 2.31. The van der Waals surface area contributed by atoms with E-state index in [0.29, 0.717) is 24.2 Å². The zero-order chi connectivity index (χ0) is 12.3. The zero-order valence-corrected chi connectivity index (χ0v) is 9.05. The Kier molecular flexibility index (Phi) is 3.30. The van der Waals surface area contributed by atoms with Crippen LogP contribution >= 0.6 is 0 Å². The van der Waals surface area contributed by atoms with Crippen molar-refractivity contribution in [3.63, 3.8) is 0 Å². The first kappa shape index (κ1) is 11.5. The fourth-order valence-corrected chi connectivity index (χ4v) is 1.54. The summed E-state index contributed by atoms with van der Waals surface area (Å²) < 4.78 is 10.3. The van der Waals surface area contributed by atoms with Gasteiger partial charge in [-0.1, -0.05) is 6.07 Å². The minimum atomic E-state index is -0.609. The van der Waals surface area contributed by atoms with Crippen LogP contribution in [-0.4, -0.2) is 23.4 Å². The molecule has 0 aliphatic heterocycles. The van der Waals surface area contributed by atoms with Gasteiger partial charge in [-0.05, 0) is 12.1 Å². The second-order valence-electron chi connectivity index (χ2n) is 3.51. The summed E-state index contributed by atoms with van der Waals surface area (Å²) in [5.41, 5.74) is -0.334. The van der Waals surface area contributed by atoms with Gasteiger partial charge in [-0.15, -0.1) is 0 Å². The number of aliphatic hydroxyl groups excluding tert-OH is 1. The second kappa shape index (κ2) is 4.88. The quantitative estimate of drug-likeness (QED) is 0.617. The Bertz CT molecular complexity index is 573. The second-order valence-corrected chi connectivity index (χ2v) is 3.51. The number of aliphatic hydroxyl groups is 1. The highest BCUT2D eigenvalue weighted by molar-refractivity contribution is 5.89. The van der Waals surface area contributed by atoms with E-state index in [4.69, 9.17) is 14.3 Å². The van der Waals surface area contributed by atoms with Crippen LogP contribution in [0.15, 0.2) is 33.5 Å². The van der Waals surface area contributed by atoms with Gasteiger partial charge >= 0.3 is 5.63 Å². The van der Waals surface area contributed by atoms with Crippen molar-refractivity contribution in [2.45, 2.75) is 6.42 Å². The lowest BCUT2D eigenvalue weighted by Crippen LogP contribution is -2.01. The van der Waals surface area contributed by atoms with Crippen molar-refractivity contribution in [1.82, 2.24) is 0 Å². The Balaban J connectivity index is 2.45. The van der Waals surface area contributed by atoms with Crippen molar-refractivity contribution in [3.05, 3.63) is 34.7 Å². The van der Waals surface area contributed by atoms with Crippen LogP contribution < -0.4 is 10.4 Å². The summed E-state index contributed by atoms with van der Waals surface area (Å²) in [5.74, 6) is 0.257. The van der Waals surface area contributed by atoms with Crippen LogP contribution in [0.1, 0.15) is 6.42 Å². The van der Waals surface area contributed by atoms with Crippen molar-refractivity contribution < 1.29 is 19.4 Å². The molecular formula is C12H12O5. The molecule has 2 aromatic rings. The van der Waals surface area contributed by atoms with Gasteiger partial charge in [0.05, 0.1) is 12.7 Å². The molecule has 0 aliphatic rings. The molecule has 0 bridgehead atoms. The van der Waals surface area contributed by atoms with E-state index in [0.717, 1.165) is 6.07 Å². The molecule has 17 heavy (non-hydrogen) atoms. The maximum atomic E-state index is 11.1. The van der Waals surface area contributed by atoms with Gasteiger partial charge in [0.1, 0.15) is 22.5 Å². The molecule has 5 heteroatoms. The molecule has 0 amide bonds. The summed E-state index contributed by atoms with van der Waals surface area (Å²) in [4.78, 5) is 11.1. The molecule has 0 spiro atoms. The average molecular weight is 236 g/mol. The molecule has 5 nitrogen and oxygen atoms in total. The van der Waals surface area contributed by atoms with Crippen LogP contribution in [0.3, 0.4) is 0 Å². The Labute approximate surface area is 96.9 Å². The molecule has 2 rings (SSSR count). The summed E-state index contributed by atoms with van der Waals surface area (Å²) in [5, 5.41) is 18.7. The van der Waals surface area contributed by atoms with Crippen molar-refractivity contribution in [2.24, 2.45) is 0 Å². The van der Waals surface area contributed by atoms with E-state index in [9.17, 15) is 9.90 Å². The third-order valence-corrected chi connectivity index (χ3v) is 2.27. The molecule has 1 heterocycles. The van der Waals surface area contributed by atoms with E-state index in [1.165, 1.54) is 0 Å². The van der Waals surface area contributed by atoms with Gasteiger partial charge in [0.25, 0.3) is 0 Å². The predicted octanol–water partition coefficient (Wildman–Crippen LogP) is 1.26. The molecule has 0 saturated carbocycles. The molecule has 0 fully saturated rings. The third-order valence-electron chi connectivity index (χ3n) is 2.27. The first-order valence-corrected chi connectivity index (χ1v) is 5.22. The Morgan fingerprint density at radius 2 is 2.18 bits per heavy atom. The molecule has 0 radical (unpaired) electrons. The Morgan fingerprint density at radius 1 is 1.35 bits per heavy atom. The average Bonchev–Trinajstić information content (AvgIpc) is 2.28. The molecule has 0 aliphatic carbocycles. The monoisotopic (exact) mass is 236 g/mol. The maximum Gasteiger partial charge on any atom is 0.339 e. The van der Waals surface area contributed by atoms with Crippen molar-refractivity contribution in [1.29, 1.82) is 0 Å². The number of ether oxygens (including phenoxy) is 1. The van der Waals surface area contributed by atoms with Gasteiger partial charge in [0.15, 0.2) is 0 Å². The highest BCUT2D eigenvalue weighted by atomic mass is 16.5. The summed E-state index contributed by atoms with van der Waals surface area (Å²) in [6.45, 7) is 0.361. The van der Waals surface area contributed by atoms with Crippen molar-refractivity contribution >= 4 is 11.0 Å². The largest absolute Gasteiger partial charge is 0.507 e. The minimum Gasteiger partial charge on any atom is -0.507 e. The van der Waals surface area contributed by atoms with E-state index < -0.39 is 5.63 Å². The molecule has 1 aromatic heterocycles. The Morgan fingerprint density at radius 3 is 2.94 bits per heavy atom. The zero-order valence-electron chi connectivity index (χ0n) is 9.05. The van der Waals surface area contributed by atoms with Crippen LogP contribution in [0.4, 0.5) is 0 Å². The minimum absolute atomic E-state index is 0.0336. The summed E-state index contributed by atoms with van der Waals surface area (Å²) in [7, 11) is 0. The number of rotatable bonds is 4. The fourth-order valence-electron chi connectivity index (χ4n) is 1.54. The van der Waals surface area contributed by atoms with Crippen LogP contribution in [-0.2, 0) is 0 Å². The lowest BCUT2D eigenvalue weighted by Gasteiger charge is -2.08. The van der Waals surface area contributed by atoms with Gasteiger partial charge in [0.2, 0.25) is 0 Å². The Hall–Kier alpha value is -2.01. The van der Waals surface area contributed by atoms with Crippen LogP contribution in [0.2, 0.25) is 0 Å². The number of benzene rings is 1. The van der Waals surface area contributed by atoms with Crippen LogP contribution in [0.5, 0.6) is 11.5 Å². The van der Waals surface area contributed by atoms with Gasteiger partial charge in [-0.25, -0.2) is 4.79 Å². The first-order valence-electron chi connectivity index (χ1n) is 5.22. The summed E-state index contributed by atoms with van der Waals surface area (Å²) in [6.07, 6.45) is 0.494. The van der Waals surface area contributed by atoms with E-state index in [2.05, 4.69) is 0 Å². The number of fused-ring (bicyclic) bond motifs is 1. The standard InChI is InChI=1S/C12H12O5/c13-5-2-6-16-9-3-1-4-10-12(9)8(14)7-11(15)17-10/h1,3-4,7,13-14H,2,5-6H2. The molecule has 2 N–H and O–H groups in total. The topological polar surface area (TPSA) is 79.9 Å². The van der Waals surface area contributed by atoms with Gasteiger partial charge < -0.3 is 19.4 Å². The van der Waals surface area contributed by atoms with E-state index >= 15 is 0 Å². The molecule has 1 aromatic carbocycles. The summed E-state index contributed by atoms with van der Waals surface area (Å²) in [6, 6.07) is 5.91. The number of aromatic hydroxyl groups is 1.